The molecule has 4 rings (SSSR count). The quantitative estimate of drug-likeness (QED) is 0.322. The molecule has 0 atom stereocenters. The van der Waals surface area contributed by atoms with E-state index in [0.717, 1.165) is 0 Å². The fourth-order valence-corrected chi connectivity index (χ4v) is 2.46. The van der Waals surface area contributed by atoms with Crippen LogP contribution in [0.3, 0.4) is 0 Å². The van der Waals surface area contributed by atoms with Gasteiger partial charge < -0.3 is 0 Å². The van der Waals surface area contributed by atoms with Crippen LogP contribution in [0, 0.1) is 13.8 Å². The standard InChI is InChI=1S/C9H8O.2C7H8.5C2H6/c10-9-5-7-3-1-2-4-8(7)6-9;2*1-7-5-3-2-4-6-7;5*1-2/h1-4H,5-6H2;2*2-6H,1H3;5*1-2H3. The minimum atomic E-state index is 0.348. The second kappa shape index (κ2) is 32.5. The summed E-state index contributed by atoms with van der Waals surface area (Å²) in [5.74, 6) is 0.348. The van der Waals surface area contributed by atoms with E-state index in [4.69, 9.17) is 0 Å². The summed E-state index contributed by atoms with van der Waals surface area (Å²) >= 11 is 0. The molecule has 0 spiro atoms. The van der Waals surface area contributed by atoms with Gasteiger partial charge in [0.15, 0.2) is 0 Å². The van der Waals surface area contributed by atoms with Gasteiger partial charge >= 0.3 is 0 Å². The number of benzene rings is 3. The van der Waals surface area contributed by atoms with Crippen LogP contribution in [0.1, 0.15) is 91.5 Å². The van der Waals surface area contributed by atoms with Crippen molar-refractivity contribution in [1.82, 2.24) is 0 Å². The van der Waals surface area contributed by atoms with E-state index in [-0.39, 0.29) is 0 Å². The number of Topliss-reactive ketones (excluding diaryl/α,β-unsaturated/α-hetero) is 1. The number of carbonyl (C=O) groups excluding carboxylic acids is 1. The molecule has 3 aromatic rings. The van der Waals surface area contributed by atoms with Gasteiger partial charge in [0.1, 0.15) is 5.78 Å². The summed E-state index contributed by atoms with van der Waals surface area (Å²) in [5, 5.41) is 0. The third-order valence-corrected chi connectivity index (χ3v) is 3.77. The highest BCUT2D eigenvalue weighted by molar-refractivity contribution is 5.87. The van der Waals surface area contributed by atoms with Gasteiger partial charge in [-0.05, 0) is 25.0 Å². The number of rotatable bonds is 0. The minimum Gasteiger partial charge on any atom is -0.299 e. The summed E-state index contributed by atoms with van der Waals surface area (Å²) in [4.78, 5) is 10.9. The Bertz CT molecular complexity index is 681. The molecule has 1 heteroatoms. The fraction of sp³-hybridized carbons (Fsp3) is 0.424. The summed E-state index contributed by atoms with van der Waals surface area (Å²) in [7, 11) is 0. The summed E-state index contributed by atoms with van der Waals surface area (Å²) < 4.78 is 0. The van der Waals surface area contributed by atoms with Gasteiger partial charge in [0.25, 0.3) is 0 Å². The molecule has 0 radical (unpaired) electrons. The van der Waals surface area contributed by atoms with Crippen molar-refractivity contribution >= 4 is 5.78 Å². The van der Waals surface area contributed by atoms with Crippen LogP contribution in [0.2, 0.25) is 0 Å². The molecular formula is C33H54O. The second-order valence-electron chi connectivity index (χ2n) is 5.97. The van der Waals surface area contributed by atoms with E-state index >= 15 is 0 Å². The van der Waals surface area contributed by atoms with E-state index in [9.17, 15) is 4.79 Å². The molecule has 192 valence electrons. The average Bonchev–Trinajstić information content (AvgIpc) is 3.32. The van der Waals surface area contributed by atoms with Crippen LogP contribution in [0.15, 0.2) is 84.9 Å². The zero-order valence-electron chi connectivity index (χ0n) is 24.4. The molecule has 0 unspecified atom stereocenters. The molecule has 0 heterocycles. The number of hydrogen-bond donors (Lipinski definition) is 0. The first kappa shape index (κ1) is 38.6. The predicted octanol–water partition coefficient (Wildman–Crippen LogP) is 10.5. The van der Waals surface area contributed by atoms with Gasteiger partial charge in [0.05, 0.1) is 0 Å². The van der Waals surface area contributed by atoms with E-state index in [1.54, 1.807) is 0 Å². The van der Waals surface area contributed by atoms with Gasteiger partial charge in [0.2, 0.25) is 0 Å². The lowest BCUT2D eigenvalue weighted by Gasteiger charge is -1.91. The van der Waals surface area contributed by atoms with Gasteiger partial charge in [-0.25, -0.2) is 0 Å². The third-order valence-electron chi connectivity index (χ3n) is 3.77. The first-order valence-corrected chi connectivity index (χ1v) is 13.3. The van der Waals surface area contributed by atoms with Crippen molar-refractivity contribution in [3.8, 4) is 0 Å². The smallest absolute Gasteiger partial charge is 0.141 e. The lowest BCUT2D eigenvalue weighted by atomic mass is 10.1. The Morgan fingerprint density at radius 2 is 0.647 bits per heavy atom. The number of aryl methyl sites for hydroxylation is 2. The molecule has 0 aliphatic heterocycles. The van der Waals surface area contributed by atoms with Gasteiger partial charge in [0, 0.05) is 12.8 Å². The van der Waals surface area contributed by atoms with E-state index < -0.39 is 0 Å². The Morgan fingerprint density at radius 1 is 0.412 bits per heavy atom. The lowest BCUT2D eigenvalue weighted by molar-refractivity contribution is -0.117. The van der Waals surface area contributed by atoms with Gasteiger partial charge in [-0.3, -0.25) is 4.79 Å². The van der Waals surface area contributed by atoms with E-state index in [1.807, 2.05) is 130 Å². The topological polar surface area (TPSA) is 17.1 Å². The maximum absolute atomic E-state index is 10.9. The molecule has 0 aromatic heterocycles. The number of fused-ring (bicyclic) bond motifs is 1. The normalized spacial score (nSPS) is 9.00. The summed E-state index contributed by atoms with van der Waals surface area (Å²) in [6.07, 6.45) is 1.30. The molecule has 0 saturated heterocycles. The Morgan fingerprint density at radius 3 is 0.853 bits per heavy atom. The van der Waals surface area contributed by atoms with Crippen LogP contribution in [0.5, 0.6) is 0 Å². The highest BCUT2D eigenvalue weighted by Crippen LogP contribution is 2.17. The fourth-order valence-electron chi connectivity index (χ4n) is 2.46. The third kappa shape index (κ3) is 22.5. The van der Waals surface area contributed by atoms with E-state index in [1.165, 1.54) is 22.3 Å². The van der Waals surface area contributed by atoms with Crippen molar-refractivity contribution in [3.05, 3.63) is 107 Å². The lowest BCUT2D eigenvalue weighted by Crippen LogP contribution is -1.92. The molecule has 1 nitrogen and oxygen atoms in total. The van der Waals surface area contributed by atoms with Crippen molar-refractivity contribution in [2.24, 2.45) is 0 Å². The molecule has 0 saturated carbocycles. The summed E-state index contributed by atoms with van der Waals surface area (Å²) in [6, 6.07) is 28.5. The molecule has 1 aliphatic rings. The largest absolute Gasteiger partial charge is 0.299 e. The Labute approximate surface area is 213 Å². The van der Waals surface area contributed by atoms with E-state index in [2.05, 4.69) is 38.1 Å². The maximum atomic E-state index is 10.9. The highest BCUT2D eigenvalue weighted by Gasteiger charge is 2.16. The molecular weight excluding hydrogens is 412 g/mol. The molecule has 0 fully saturated rings. The minimum absolute atomic E-state index is 0.348. The maximum Gasteiger partial charge on any atom is 0.141 e. The molecule has 3 aromatic carbocycles. The highest BCUT2D eigenvalue weighted by atomic mass is 16.1. The van der Waals surface area contributed by atoms with Crippen molar-refractivity contribution in [1.29, 1.82) is 0 Å². The van der Waals surface area contributed by atoms with Gasteiger partial charge in [-0.15, -0.1) is 0 Å². The zero-order valence-corrected chi connectivity index (χ0v) is 24.4. The Hall–Kier alpha value is -2.67. The molecule has 0 bridgehead atoms. The van der Waals surface area contributed by atoms with Crippen LogP contribution >= 0.6 is 0 Å². The summed E-state index contributed by atoms with van der Waals surface area (Å²) in [5.41, 5.74) is 5.07. The van der Waals surface area contributed by atoms with Crippen molar-refractivity contribution in [2.75, 3.05) is 0 Å². The zero-order chi connectivity index (χ0) is 27.2. The first-order valence-electron chi connectivity index (χ1n) is 13.3. The Kier molecular flexibility index (Phi) is 36.9. The molecule has 0 amide bonds. The molecule has 1 aliphatic carbocycles. The van der Waals surface area contributed by atoms with Crippen LogP contribution in [0.4, 0.5) is 0 Å². The Balaban J connectivity index is -0.000000170. The number of carbonyl (C=O) groups is 1. The summed E-state index contributed by atoms with van der Waals surface area (Å²) in [6.45, 7) is 24.2. The van der Waals surface area contributed by atoms with Gasteiger partial charge in [-0.2, -0.15) is 0 Å². The van der Waals surface area contributed by atoms with Crippen molar-refractivity contribution in [3.63, 3.8) is 0 Å². The SMILES string of the molecule is CC.CC.CC.CC.CC.Cc1ccccc1.Cc1ccccc1.O=C1Cc2ccccc2C1. The van der Waals surface area contributed by atoms with Crippen LogP contribution in [-0.4, -0.2) is 5.78 Å². The van der Waals surface area contributed by atoms with Crippen LogP contribution in [-0.2, 0) is 17.6 Å². The van der Waals surface area contributed by atoms with Crippen LogP contribution in [0.25, 0.3) is 0 Å². The number of ketones is 1. The van der Waals surface area contributed by atoms with Crippen molar-refractivity contribution in [2.45, 2.75) is 95.9 Å². The monoisotopic (exact) mass is 466 g/mol. The first-order chi connectivity index (χ1) is 16.6. The number of hydrogen-bond acceptors (Lipinski definition) is 1. The van der Waals surface area contributed by atoms with Crippen LogP contribution < -0.4 is 0 Å². The van der Waals surface area contributed by atoms with E-state index in [0.29, 0.717) is 18.6 Å². The van der Waals surface area contributed by atoms with Crippen molar-refractivity contribution < 1.29 is 4.79 Å². The van der Waals surface area contributed by atoms with Gasteiger partial charge in [-0.1, -0.05) is 165 Å². The average molecular weight is 467 g/mol. The molecule has 34 heavy (non-hydrogen) atoms. The molecule has 0 N–H and O–H groups in total. The predicted molar refractivity (Wildman–Crippen MR) is 158 cm³/mol. The second-order valence-corrected chi connectivity index (χ2v) is 5.97.